The summed E-state index contributed by atoms with van der Waals surface area (Å²) in [4.78, 5) is 31.7. The summed E-state index contributed by atoms with van der Waals surface area (Å²) in [5.74, 6) is 0.923. The minimum absolute atomic E-state index is 0.275. The van der Waals surface area contributed by atoms with Gasteiger partial charge in [-0.05, 0) is 60.7 Å². The Kier molecular flexibility index (Phi) is 5.16. The highest BCUT2D eigenvalue weighted by Crippen LogP contribution is 2.22. The minimum Gasteiger partial charge on any atom is -0.457 e. The number of carbonyl (C=O) groups is 2. The first kappa shape index (κ1) is 18.8. The van der Waals surface area contributed by atoms with Crippen molar-refractivity contribution in [1.29, 1.82) is 0 Å². The lowest BCUT2D eigenvalue weighted by Crippen LogP contribution is -2.12. The lowest BCUT2D eigenvalue weighted by Gasteiger charge is -2.08. The van der Waals surface area contributed by atoms with E-state index in [0.717, 1.165) is 0 Å². The van der Waals surface area contributed by atoms with Crippen molar-refractivity contribution in [2.75, 3.05) is 5.32 Å². The van der Waals surface area contributed by atoms with Crippen LogP contribution in [0.4, 0.5) is 5.69 Å². The maximum Gasteiger partial charge on any atom is 0.255 e. The van der Waals surface area contributed by atoms with Crippen LogP contribution in [0.2, 0.25) is 0 Å². The number of pyridine rings is 1. The Morgan fingerprint density at radius 2 is 1.57 bits per heavy atom. The van der Waals surface area contributed by atoms with Crippen LogP contribution in [-0.2, 0) is 0 Å². The van der Waals surface area contributed by atoms with Crippen LogP contribution in [0.25, 0.3) is 5.82 Å². The molecule has 0 radical (unpaired) electrons. The van der Waals surface area contributed by atoms with E-state index in [0.29, 0.717) is 34.1 Å². The number of nitrogens with two attached hydrogens (primary N) is 1. The smallest absolute Gasteiger partial charge is 0.255 e. The second-order valence-corrected chi connectivity index (χ2v) is 6.21. The standard InChI is InChI=1S/C21H16N6O3/c22-20(28)14-1-6-17(7-2-14)30-18-8-3-15(4-9-18)21(29)26-16-5-10-19(24-11-16)27-13-23-12-25-27/h1-13H,(H2,22,28)(H,26,29). The molecule has 0 aliphatic carbocycles. The first-order valence-corrected chi connectivity index (χ1v) is 8.89. The molecule has 2 amide bonds. The zero-order chi connectivity index (χ0) is 20.9. The van der Waals surface area contributed by atoms with Crippen LogP contribution in [-0.4, -0.2) is 31.6 Å². The van der Waals surface area contributed by atoms with Gasteiger partial charge in [-0.2, -0.15) is 5.10 Å². The lowest BCUT2D eigenvalue weighted by atomic mass is 10.2. The molecule has 4 rings (SSSR count). The number of primary amides is 1. The van der Waals surface area contributed by atoms with Crippen LogP contribution < -0.4 is 15.8 Å². The Morgan fingerprint density at radius 1 is 0.900 bits per heavy atom. The summed E-state index contributed by atoms with van der Waals surface area (Å²) in [7, 11) is 0. The number of benzene rings is 2. The molecule has 0 atom stereocenters. The van der Waals surface area contributed by atoms with Gasteiger partial charge in [-0.3, -0.25) is 9.59 Å². The van der Waals surface area contributed by atoms with Gasteiger partial charge in [0.25, 0.3) is 5.91 Å². The van der Waals surface area contributed by atoms with Gasteiger partial charge in [0.1, 0.15) is 24.2 Å². The molecule has 4 aromatic rings. The Labute approximate surface area is 171 Å². The summed E-state index contributed by atoms with van der Waals surface area (Å²) < 4.78 is 7.23. The molecule has 2 aromatic carbocycles. The van der Waals surface area contributed by atoms with E-state index in [9.17, 15) is 9.59 Å². The van der Waals surface area contributed by atoms with Crippen molar-refractivity contribution >= 4 is 17.5 Å². The molecule has 9 heteroatoms. The fourth-order valence-corrected chi connectivity index (χ4v) is 2.62. The third kappa shape index (κ3) is 4.30. The molecule has 0 aliphatic rings. The molecule has 9 nitrogen and oxygen atoms in total. The molecule has 2 heterocycles. The van der Waals surface area contributed by atoms with Crippen LogP contribution in [0.1, 0.15) is 20.7 Å². The van der Waals surface area contributed by atoms with Crippen molar-refractivity contribution in [3.63, 3.8) is 0 Å². The van der Waals surface area contributed by atoms with Crippen molar-refractivity contribution in [2.24, 2.45) is 5.73 Å². The van der Waals surface area contributed by atoms with Gasteiger partial charge in [0.05, 0.1) is 11.9 Å². The third-order valence-corrected chi connectivity index (χ3v) is 4.15. The third-order valence-electron chi connectivity index (χ3n) is 4.15. The number of ether oxygens (including phenoxy) is 1. The Bertz CT molecular complexity index is 1160. The second kappa shape index (κ2) is 8.23. The average molecular weight is 400 g/mol. The Morgan fingerprint density at radius 3 is 2.10 bits per heavy atom. The van der Waals surface area contributed by atoms with Crippen molar-refractivity contribution in [3.05, 3.63) is 90.6 Å². The first-order chi connectivity index (χ1) is 14.6. The molecule has 3 N–H and O–H groups in total. The predicted octanol–water partition coefficient (Wildman–Crippen LogP) is 2.81. The van der Waals surface area contributed by atoms with Crippen molar-refractivity contribution in [2.45, 2.75) is 0 Å². The summed E-state index contributed by atoms with van der Waals surface area (Å²) in [6.07, 6.45) is 4.50. The second-order valence-electron chi connectivity index (χ2n) is 6.21. The molecule has 0 fully saturated rings. The average Bonchev–Trinajstić information content (AvgIpc) is 3.30. The maximum atomic E-state index is 12.4. The van der Waals surface area contributed by atoms with Gasteiger partial charge in [0.2, 0.25) is 5.91 Å². The van der Waals surface area contributed by atoms with E-state index in [4.69, 9.17) is 10.5 Å². The molecule has 30 heavy (non-hydrogen) atoms. The topological polar surface area (TPSA) is 125 Å². The van der Waals surface area contributed by atoms with E-state index in [-0.39, 0.29) is 5.91 Å². The lowest BCUT2D eigenvalue weighted by molar-refractivity contribution is 0.0997. The predicted molar refractivity (Wildman–Crippen MR) is 109 cm³/mol. The number of anilines is 1. The van der Waals surface area contributed by atoms with Gasteiger partial charge in [-0.15, -0.1) is 0 Å². The quantitative estimate of drug-likeness (QED) is 0.513. The minimum atomic E-state index is -0.500. The van der Waals surface area contributed by atoms with Crippen molar-refractivity contribution in [1.82, 2.24) is 19.7 Å². The van der Waals surface area contributed by atoms with E-state index >= 15 is 0 Å². The normalized spacial score (nSPS) is 10.4. The first-order valence-electron chi connectivity index (χ1n) is 8.89. The van der Waals surface area contributed by atoms with E-state index in [1.165, 1.54) is 17.3 Å². The summed E-state index contributed by atoms with van der Waals surface area (Å²) in [6.45, 7) is 0. The number of hydrogen-bond acceptors (Lipinski definition) is 6. The van der Waals surface area contributed by atoms with Crippen LogP contribution >= 0.6 is 0 Å². The van der Waals surface area contributed by atoms with Gasteiger partial charge < -0.3 is 15.8 Å². The summed E-state index contributed by atoms with van der Waals surface area (Å²) in [6, 6.07) is 16.6. The largest absolute Gasteiger partial charge is 0.457 e. The van der Waals surface area contributed by atoms with Crippen LogP contribution in [0, 0.1) is 0 Å². The van der Waals surface area contributed by atoms with Gasteiger partial charge in [0, 0.05) is 11.1 Å². The summed E-state index contributed by atoms with van der Waals surface area (Å²) in [5, 5.41) is 6.78. The van der Waals surface area contributed by atoms with Gasteiger partial charge in [-0.25, -0.2) is 14.6 Å². The van der Waals surface area contributed by atoms with Crippen LogP contribution in [0.5, 0.6) is 11.5 Å². The number of aromatic nitrogens is 4. The summed E-state index contributed by atoms with van der Waals surface area (Å²) >= 11 is 0. The monoisotopic (exact) mass is 400 g/mol. The van der Waals surface area contributed by atoms with Gasteiger partial charge in [0.15, 0.2) is 5.82 Å². The van der Waals surface area contributed by atoms with Crippen molar-refractivity contribution in [3.8, 4) is 17.3 Å². The van der Waals surface area contributed by atoms with Gasteiger partial charge >= 0.3 is 0 Å². The molecule has 0 bridgehead atoms. The number of carbonyl (C=O) groups excluding carboxylic acids is 2. The van der Waals surface area contributed by atoms with E-state index in [1.54, 1.807) is 66.9 Å². The van der Waals surface area contributed by atoms with E-state index < -0.39 is 5.91 Å². The number of nitrogens with zero attached hydrogens (tertiary/aromatic N) is 4. The van der Waals surface area contributed by atoms with Gasteiger partial charge in [-0.1, -0.05) is 0 Å². The summed E-state index contributed by atoms with van der Waals surface area (Å²) in [5.41, 5.74) is 6.64. The fraction of sp³-hybridized carbons (Fsp3) is 0. The number of rotatable bonds is 6. The molecule has 2 aromatic heterocycles. The molecule has 0 spiro atoms. The molecule has 0 unspecified atom stereocenters. The van der Waals surface area contributed by atoms with E-state index in [2.05, 4.69) is 20.4 Å². The highest BCUT2D eigenvalue weighted by atomic mass is 16.5. The Hall–Kier alpha value is -4.53. The molecular weight excluding hydrogens is 384 g/mol. The zero-order valence-electron chi connectivity index (χ0n) is 15.6. The Balaban J connectivity index is 1.38. The maximum absolute atomic E-state index is 12.4. The van der Waals surface area contributed by atoms with E-state index in [1.807, 2.05) is 0 Å². The number of nitrogens with one attached hydrogen (secondary N) is 1. The molecule has 148 valence electrons. The molecule has 0 aliphatic heterocycles. The molecule has 0 saturated heterocycles. The number of hydrogen-bond donors (Lipinski definition) is 2. The zero-order valence-corrected chi connectivity index (χ0v) is 15.6. The SMILES string of the molecule is NC(=O)c1ccc(Oc2ccc(C(=O)Nc3ccc(-n4cncn4)nc3)cc2)cc1. The van der Waals surface area contributed by atoms with Crippen LogP contribution in [0.3, 0.4) is 0 Å². The van der Waals surface area contributed by atoms with Crippen LogP contribution in [0.15, 0.2) is 79.5 Å². The highest BCUT2D eigenvalue weighted by molar-refractivity contribution is 6.04. The van der Waals surface area contributed by atoms with Crippen molar-refractivity contribution < 1.29 is 14.3 Å². The fourth-order valence-electron chi connectivity index (χ4n) is 2.62. The highest BCUT2D eigenvalue weighted by Gasteiger charge is 2.08. The molecule has 0 saturated carbocycles. The molecular formula is C21H16N6O3. The number of amides is 2.